The van der Waals surface area contributed by atoms with E-state index in [2.05, 4.69) is 16.2 Å². The molecule has 0 aromatic heterocycles. The molecule has 3 rings (SSSR count). The van der Waals surface area contributed by atoms with Crippen molar-refractivity contribution in [3.63, 3.8) is 0 Å². The smallest absolute Gasteiger partial charge is 0.269 e. The van der Waals surface area contributed by atoms with Gasteiger partial charge in [-0.05, 0) is 46.4 Å². The van der Waals surface area contributed by atoms with Crippen LogP contribution in [0.4, 0.5) is 0 Å². The summed E-state index contributed by atoms with van der Waals surface area (Å²) in [6.07, 6.45) is 1.05. The number of aryl methyl sites for hydroxylation is 1. The minimum atomic E-state index is -0.772. The first-order valence-electron chi connectivity index (χ1n) is 10.8. The van der Waals surface area contributed by atoms with Crippen LogP contribution in [-0.2, 0) is 22.4 Å². The Morgan fingerprint density at radius 1 is 0.812 bits per heavy atom. The fourth-order valence-corrected chi connectivity index (χ4v) is 3.45. The summed E-state index contributed by atoms with van der Waals surface area (Å²) < 4.78 is 0. The third-order valence-corrected chi connectivity index (χ3v) is 5.37. The molecule has 0 saturated heterocycles. The van der Waals surface area contributed by atoms with Crippen LogP contribution < -0.4 is 16.2 Å². The van der Waals surface area contributed by atoms with Crippen molar-refractivity contribution in [3.05, 3.63) is 83.4 Å². The van der Waals surface area contributed by atoms with E-state index >= 15 is 0 Å². The number of fused-ring (bicyclic) bond motifs is 1. The molecule has 0 saturated carbocycles. The largest absolute Gasteiger partial charge is 0.344 e. The first-order valence-corrected chi connectivity index (χ1v) is 10.8. The molecule has 6 nitrogen and oxygen atoms in total. The van der Waals surface area contributed by atoms with E-state index in [1.54, 1.807) is 12.1 Å². The molecule has 1 atom stereocenters. The summed E-state index contributed by atoms with van der Waals surface area (Å²) in [6.45, 7) is 5.72. The Labute approximate surface area is 188 Å². The summed E-state index contributed by atoms with van der Waals surface area (Å²) in [5.41, 5.74) is 7.30. The SMILES string of the molecule is CCc1ccc(C(=O)NNC(=O)C(NC(=O)Cc2ccc3ccccc3c2)C(C)C)cc1. The van der Waals surface area contributed by atoms with E-state index in [1.165, 1.54) is 0 Å². The van der Waals surface area contributed by atoms with Gasteiger partial charge in [-0.25, -0.2) is 0 Å². The van der Waals surface area contributed by atoms with E-state index in [0.29, 0.717) is 5.56 Å². The second-order valence-electron chi connectivity index (χ2n) is 8.14. The van der Waals surface area contributed by atoms with Crippen LogP contribution in [-0.4, -0.2) is 23.8 Å². The average molecular weight is 432 g/mol. The summed E-state index contributed by atoms with van der Waals surface area (Å²) in [7, 11) is 0. The first kappa shape index (κ1) is 23.0. The molecule has 3 aromatic rings. The zero-order chi connectivity index (χ0) is 23.1. The molecule has 0 heterocycles. The van der Waals surface area contributed by atoms with Crippen molar-refractivity contribution in [3.8, 4) is 0 Å². The summed E-state index contributed by atoms with van der Waals surface area (Å²) >= 11 is 0. The molecule has 0 aliphatic carbocycles. The molecule has 6 heteroatoms. The quantitative estimate of drug-likeness (QED) is 0.500. The van der Waals surface area contributed by atoms with Gasteiger partial charge in [0.25, 0.3) is 11.8 Å². The van der Waals surface area contributed by atoms with Crippen LogP contribution in [0, 0.1) is 5.92 Å². The van der Waals surface area contributed by atoms with Gasteiger partial charge in [0.05, 0.1) is 6.42 Å². The van der Waals surface area contributed by atoms with Gasteiger partial charge in [0.2, 0.25) is 5.91 Å². The molecule has 166 valence electrons. The number of carbonyl (C=O) groups excluding carboxylic acids is 3. The summed E-state index contributed by atoms with van der Waals surface area (Å²) in [5, 5.41) is 4.96. The predicted molar refractivity (Wildman–Crippen MR) is 126 cm³/mol. The minimum absolute atomic E-state index is 0.156. The lowest BCUT2D eigenvalue weighted by atomic mass is 10.0. The number of amides is 3. The second kappa shape index (κ2) is 10.6. The van der Waals surface area contributed by atoms with Gasteiger partial charge in [-0.2, -0.15) is 0 Å². The van der Waals surface area contributed by atoms with Crippen molar-refractivity contribution >= 4 is 28.5 Å². The average Bonchev–Trinajstić information content (AvgIpc) is 2.80. The van der Waals surface area contributed by atoms with Gasteiger partial charge in [-0.3, -0.25) is 25.2 Å². The molecule has 3 N–H and O–H groups in total. The summed E-state index contributed by atoms with van der Waals surface area (Å²) in [6, 6.07) is 20.2. The molecule has 0 aliphatic rings. The molecule has 32 heavy (non-hydrogen) atoms. The van der Waals surface area contributed by atoms with Crippen LogP contribution in [0.2, 0.25) is 0 Å². The van der Waals surface area contributed by atoms with Gasteiger partial charge >= 0.3 is 0 Å². The van der Waals surface area contributed by atoms with Gasteiger partial charge in [0.15, 0.2) is 0 Å². The van der Waals surface area contributed by atoms with E-state index in [9.17, 15) is 14.4 Å². The molecular weight excluding hydrogens is 402 g/mol. The molecule has 3 aromatic carbocycles. The molecule has 0 spiro atoms. The van der Waals surface area contributed by atoms with Crippen molar-refractivity contribution in [2.45, 2.75) is 39.7 Å². The highest BCUT2D eigenvalue weighted by Crippen LogP contribution is 2.16. The van der Waals surface area contributed by atoms with Gasteiger partial charge < -0.3 is 5.32 Å². The van der Waals surface area contributed by atoms with Crippen LogP contribution in [0.5, 0.6) is 0 Å². The Bertz CT molecular complexity index is 1110. The predicted octanol–water partition coefficient (Wildman–Crippen LogP) is 3.55. The normalized spacial score (nSPS) is 11.8. The number of rotatable bonds is 7. The third kappa shape index (κ3) is 5.94. The zero-order valence-electron chi connectivity index (χ0n) is 18.6. The van der Waals surface area contributed by atoms with Gasteiger partial charge in [-0.15, -0.1) is 0 Å². The fourth-order valence-electron chi connectivity index (χ4n) is 3.45. The van der Waals surface area contributed by atoms with Gasteiger partial charge in [-0.1, -0.05) is 75.4 Å². The number of hydrogen-bond acceptors (Lipinski definition) is 3. The van der Waals surface area contributed by atoms with Crippen LogP contribution >= 0.6 is 0 Å². The van der Waals surface area contributed by atoms with Crippen LogP contribution in [0.15, 0.2) is 66.7 Å². The fraction of sp³-hybridized carbons (Fsp3) is 0.269. The highest BCUT2D eigenvalue weighted by Gasteiger charge is 2.24. The molecule has 3 amide bonds. The Morgan fingerprint density at radius 3 is 2.12 bits per heavy atom. The molecule has 1 unspecified atom stereocenters. The third-order valence-electron chi connectivity index (χ3n) is 5.37. The Hall–Kier alpha value is -3.67. The Morgan fingerprint density at radius 2 is 1.47 bits per heavy atom. The molecule has 0 fully saturated rings. The lowest BCUT2D eigenvalue weighted by molar-refractivity contribution is -0.130. The van der Waals surface area contributed by atoms with Gasteiger partial charge in [0.1, 0.15) is 6.04 Å². The first-order chi connectivity index (χ1) is 15.4. The van der Waals surface area contributed by atoms with E-state index in [0.717, 1.165) is 28.3 Å². The molecular formula is C26H29N3O3. The van der Waals surface area contributed by atoms with Crippen LogP contribution in [0.3, 0.4) is 0 Å². The summed E-state index contributed by atoms with van der Waals surface area (Å²) in [5.74, 6) is -1.29. The lowest BCUT2D eigenvalue weighted by Gasteiger charge is -2.22. The van der Waals surface area contributed by atoms with Crippen molar-refractivity contribution in [1.29, 1.82) is 0 Å². The maximum absolute atomic E-state index is 12.6. The number of hydrogen-bond donors (Lipinski definition) is 3. The van der Waals surface area contributed by atoms with Gasteiger partial charge in [0, 0.05) is 5.56 Å². The maximum Gasteiger partial charge on any atom is 0.269 e. The standard InChI is InChI=1S/C26H29N3O3/c1-4-18-9-13-21(14-10-18)25(31)28-29-26(32)24(17(2)3)27-23(30)16-19-11-12-20-7-5-6-8-22(20)15-19/h5-15,17,24H,4,16H2,1-3H3,(H,27,30)(H,28,31)(H,29,32). The van der Waals surface area contributed by atoms with E-state index in [4.69, 9.17) is 0 Å². The number of nitrogens with one attached hydrogen (secondary N) is 3. The zero-order valence-corrected chi connectivity index (χ0v) is 18.6. The number of benzene rings is 3. The second-order valence-corrected chi connectivity index (χ2v) is 8.14. The maximum atomic E-state index is 12.6. The van der Waals surface area contributed by atoms with E-state index < -0.39 is 17.9 Å². The molecule has 0 bridgehead atoms. The highest BCUT2D eigenvalue weighted by molar-refractivity contribution is 5.96. The molecule has 0 radical (unpaired) electrons. The van der Waals surface area contributed by atoms with Crippen molar-refractivity contribution in [1.82, 2.24) is 16.2 Å². The van der Waals surface area contributed by atoms with Crippen molar-refractivity contribution in [2.75, 3.05) is 0 Å². The van der Waals surface area contributed by atoms with Crippen LogP contribution in [0.25, 0.3) is 10.8 Å². The Kier molecular flexibility index (Phi) is 7.60. The van der Waals surface area contributed by atoms with Crippen molar-refractivity contribution in [2.24, 2.45) is 5.92 Å². The van der Waals surface area contributed by atoms with Crippen LogP contribution in [0.1, 0.15) is 42.3 Å². The summed E-state index contributed by atoms with van der Waals surface area (Å²) in [4.78, 5) is 37.6. The minimum Gasteiger partial charge on any atom is -0.344 e. The van der Waals surface area contributed by atoms with E-state index in [-0.39, 0.29) is 18.2 Å². The van der Waals surface area contributed by atoms with E-state index in [1.807, 2.05) is 75.4 Å². The monoisotopic (exact) mass is 431 g/mol. The lowest BCUT2D eigenvalue weighted by Crippen LogP contribution is -2.54. The van der Waals surface area contributed by atoms with Crippen molar-refractivity contribution < 1.29 is 14.4 Å². The highest BCUT2D eigenvalue weighted by atomic mass is 16.2. The molecule has 0 aliphatic heterocycles. The Balaban J connectivity index is 1.57. The number of carbonyl (C=O) groups is 3. The number of hydrazine groups is 1. The topological polar surface area (TPSA) is 87.3 Å².